The van der Waals surface area contributed by atoms with Crippen molar-refractivity contribution >= 4 is 41.0 Å². The van der Waals surface area contributed by atoms with Crippen LogP contribution in [-0.2, 0) is 11.3 Å². The maximum absolute atomic E-state index is 14.5. The molecular formula is C34H30FN3O3S. The SMILES string of the molecule is COc1ccc(N2CCN(C(=O)c3ccc(/C=C4\Sc5ccccc5N(Cc5ccccc5F)C4=O)cc3)CC2)cc1. The van der Waals surface area contributed by atoms with E-state index >= 15 is 0 Å². The summed E-state index contributed by atoms with van der Waals surface area (Å²) in [7, 11) is 1.65. The van der Waals surface area contributed by atoms with Gasteiger partial charge in [0.25, 0.3) is 11.8 Å². The highest BCUT2D eigenvalue weighted by atomic mass is 32.2. The number of carbonyl (C=O) groups excluding carboxylic acids is 2. The fourth-order valence-electron chi connectivity index (χ4n) is 5.23. The van der Waals surface area contributed by atoms with Crippen molar-refractivity contribution in [2.45, 2.75) is 11.4 Å². The molecule has 1 fully saturated rings. The van der Waals surface area contributed by atoms with Crippen molar-refractivity contribution in [1.82, 2.24) is 4.90 Å². The van der Waals surface area contributed by atoms with E-state index in [2.05, 4.69) is 4.90 Å². The van der Waals surface area contributed by atoms with Crippen LogP contribution in [0.3, 0.4) is 0 Å². The molecule has 0 N–H and O–H groups in total. The third-order valence-electron chi connectivity index (χ3n) is 7.58. The quantitative estimate of drug-likeness (QED) is 0.245. The van der Waals surface area contributed by atoms with E-state index in [1.807, 2.05) is 83.8 Å². The van der Waals surface area contributed by atoms with Crippen molar-refractivity contribution in [2.24, 2.45) is 0 Å². The zero-order chi connectivity index (χ0) is 29.1. The van der Waals surface area contributed by atoms with Crippen LogP contribution in [0.15, 0.2) is 107 Å². The molecule has 0 saturated carbocycles. The summed E-state index contributed by atoms with van der Waals surface area (Å²) in [5, 5.41) is 0. The Morgan fingerprint density at radius 1 is 0.881 bits per heavy atom. The number of thioether (sulfide) groups is 1. The van der Waals surface area contributed by atoms with E-state index in [9.17, 15) is 14.0 Å². The standard InChI is InChI=1S/C34H30FN3O3S/c1-41-28-16-14-27(15-17-28)36-18-20-37(21-19-36)33(39)25-12-10-24(11-13-25)22-32-34(40)38(23-26-6-2-3-7-29(26)35)30-8-4-5-9-31(30)42-32/h2-17,22H,18-21,23H2,1H3/b32-22-. The van der Waals surface area contributed by atoms with Crippen LogP contribution in [-0.4, -0.2) is 50.0 Å². The molecule has 6 rings (SSSR count). The number of ether oxygens (including phenoxy) is 1. The van der Waals surface area contributed by atoms with Crippen molar-refractivity contribution in [2.75, 3.05) is 43.1 Å². The summed E-state index contributed by atoms with van der Waals surface area (Å²) in [6.07, 6.45) is 1.83. The topological polar surface area (TPSA) is 53.1 Å². The highest BCUT2D eigenvalue weighted by Crippen LogP contribution is 2.42. The Balaban J connectivity index is 1.14. The second-order valence-corrected chi connectivity index (χ2v) is 11.2. The van der Waals surface area contributed by atoms with Gasteiger partial charge in [0.05, 0.1) is 24.2 Å². The third kappa shape index (κ3) is 5.76. The average molecular weight is 580 g/mol. The van der Waals surface area contributed by atoms with Crippen LogP contribution in [0.5, 0.6) is 5.75 Å². The van der Waals surface area contributed by atoms with Gasteiger partial charge in [-0.25, -0.2) is 4.39 Å². The van der Waals surface area contributed by atoms with Crippen LogP contribution in [0.1, 0.15) is 21.5 Å². The van der Waals surface area contributed by atoms with Crippen LogP contribution < -0.4 is 14.5 Å². The molecule has 8 heteroatoms. The van der Waals surface area contributed by atoms with E-state index in [1.54, 1.807) is 30.2 Å². The normalized spacial score (nSPS) is 16.0. The smallest absolute Gasteiger partial charge is 0.265 e. The number of methoxy groups -OCH3 is 1. The van der Waals surface area contributed by atoms with Gasteiger partial charge in [0, 0.05) is 47.9 Å². The van der Waals surface area contributed by atoms with Gasteiger partial charge in [-0.15, -0.1) is 0 Å². The Morgan fingerprint density at radius 2 is 1.57 bits per heavy atom. The van der Waals surface area contributed by atoms with Crippen LogP contribution in [0.25, 0.3) is 6.08 Å². The Bertz CT molecular complexity index is 1630. The fraction of sp³-hybridized carbons (Fsp3) is 0.176. The summed E-state index contributed by atoms with van der Waals surface area (Å²) >= 11 is 1.40. The van der Waals surface area contributed by atoms with Gasteiger partial charge < -0.3 is 19.4 Å². The Morgan fingerprint density at radius 3 is 2.29 bits per heavy atom. The van der Waals surface area contributed by atoms with Gasteiger partial charge in [0.15, 0.2) is 0 Å². The van der Waals surface area contributed by atoms with Gasteiger partial charge in [-0.3, -0.25) is 9.59 Å². The first-order valence-corrected chi connectivity index (χ1v) is 14.6. The lowest BCUT2D eigenvalue weighted by atomic mass is 10.1. The van der Waals surface area contributed by atoms with Gasteiger partial charge in [0.1, 0.15) is 11.6 Å². The highest BCUT2D eigenvalue weighted by Gasteiger charge is 2.30. The summed E-state index contributed by atoms with van der Waals surface area (Å²) in [5.41, 5.74) is 3.77. The molecule has 2 amide bonds. The zero-order valence-electron chi connectivity index (χ0n) is 23.2. The number of hydrogen-bond donors (Lipinski definition) is 0. The number of para-hydroxylation sites is 1. The number of fused-ring (bicyclic) bond motifs is 1. The molecule has 0 aromatic heterocycles. The van der Waals surface area contributed by atoms with E-state index in [1.165, 1.54) is 17.8 Å². The molecule has 0 spiro atoms. The molecule has 4 aromatic rings. The van der Waals surface area contributed by atoms with Crippen LogP contribution in [0.2, 0.25) is 0 Å². The number of rotatable bonds is 6. The predicted octanol–water partition coefficient (Wildman–Crippen LogP) is 6.48. The number of carbonyl (C=O) groups is 2. The Labute approximate surface area is 249 Å². The maximum atomic E-state index is 14.5. The zero-order valence-corrected chi connectivity index (χ0v) is 24.0. The van der Waals surface area contributed by atoms with Crippen LogP contribution in [0.4, 0.5) is 15.8 Å². The number of benzene rings is 4. The summed E-state index contributed by atoms with van der Waals surface area (Å²) in [6, 6.07) is 29.5. The molecule has 0 unspecified atom stereocenters. The minimum absolute atomic E-state index is 0.00306. The van der Waals surface area contributed by atoms with Crippen molar-refractivity contribution in [3.63, 3.8) is 0 Å². The molecule has 2 heterocycles. The highest BCUT2D eigenvalue weighted by molar-refractivity contribution is 8.04. The van der Waals surface area contributed by atoms with Gasteiger partial charge in [-0.2, -0.15) is 0 Å². The summed E-state index contributed by atoms with van der Waals surface area (Å²) in [5.74, 6) is 0.297. The van der Waals surface area contributed by atoms with Gasteiger partial charge in [-0.05, 0) is 66.2 Å². The predicted molar refractivity (Wildman–Crippen MR) is 165 cm³/mol. The van der Waals surface area contributed by atoms with Crippen molar-refractivity contribution in [1.29, 1.82) is 0 Å². The summed E-state index contributed by atoms with van der Waals surface area (Å²) < 4.78 is 19.7. The third-order valence-corrected chi connectivity index (χ3v) is 8.66. The second kappa shape index (κ2) is 12.1. The molecule has 2 aliphatic heterocycles. The second-order valence-electron chi connectivity index (χ2n) is 10.2. The molecule has 42 heavy (non-hydrogen) atoms. The number of piperazine rings is 1. The van der Waals surface area contributed by atoms with E-state index in [4.69, 9.17) is 4.74 Å². The monoisotopic (exact) mass is 579 g/mol. The largest absolute Gasteiger partial charge is 0.497 e. The number of nitrogens with zero attached hydrogens (tertiary/aromatic N) is 3. The van der Waals surface area contributed by atoms with Crippen LogP contribution >= 0.6 is 11.8 Å². The van der Waals surface area contributed by atoms with Crippen molar-refractivity contribution in [3.8, 4) is 5.75 Å². The van der Waals surface area contributed by atoms with E-state index in [0.717, 1.165) is 40.7 Å². The maximum Gasteiger partial charge on any atom is 0.265 e. The number of halogens is 1. The van der Waals surface area contributed by atoms with Gasteiger partial charge in [-0.1, -0.05) is 54.2 Å². The molecule has 0 radical (unpaired) electrons. The molecule has 0 bridgehead atoms. The first-order valence-electron chi connectivity index (χ1n) is 13.8. The molecular weight excluding hydrogens is 549 g/mol. The van der Waals surface area contributed by atoms with E-state index in [-0.39, 0.29) is 24.2 Å². The summed E-state index contributed by atoms with van der Waals surface area (Å²) in [4.78, 5) is 34.1. The van der Waals surface area contributed by atoms with Gasteiger partial charge in [0.2, 0.25) is 0 Å². The summed E-state index contributed by atoms with van der Waals surface area (Å²) in [6.45, 7) is 2.93. The lowest BCUT2D eigenvalue weighted by molar-refractivity contribution is -0.114. The Hall–Kier alpha value is -4.56. The first kappa shape index (κ1) is 27.6. The first-order chi connectivity index (χ1) is 20.5. The van der Waals surface area contributed by atoms with E-state index < -0.39 is 0 Å². The van der Waals surface area contributed by atoms with Crippen LogP contribution in [0, 0.1) is 5.82 Å². The molecule has 4 aromatic carbocycles. The molecule has 2 aliphatic rings. The lowest BCUT2D eigenvalue weighted by Crippen LogP contribution is -2.48. The number of anilines is 2. The molecule has 0 aliphatic carbocycles. The number of amides is 2. The molecule has 6 nitrogen and oxygen atoms in total. The average Bonchev–Trinajstić information content (AvgIpc) is 3.04. The Kier molecular flexibility index (Phi) is 7.97. The van der Waals surface area contributed by atoms with Gasteiger partial charge >= 0.3 is 0 Å². The number of hydrogen-bond acceptors (Lipinski definition) is 5. The molecule has 212 valence electrons. The van der Waals surface area contributed by atoms with E-state index in [0.29, 0.717) is 29.1 Å². The van der Waals surface area contributed by atoms with Crippen molar-refractivity contribution in [3.05, 3.63) is 124 Å². The van der Waals surface area contributed by atoms with Crippen molar-refractivity contribution < 1.29 is 18.7 Å². The molecule has 1 saturated heterocycles. The minimum Gasteiger partial charge on any atom is -0.497 e. The molecule has 0 atom stereocenters. The lowest BCUT2D eigenvalue weighted by Gasteiger charge is -2.36. The minimum atomic E-state index is -0.339. The fourth-order valence-corrected chi connectivity index (χ4v) is 6.29.